The number of ketones is 1. The van der Waals surface area contributed by atoms with Crippen molar-refractivity contribution in [2.24, 2.45) is 0 Å². The molecule has 0 atom stereocenters. The van der Waals surface area contributed by atoms with Crippen LogP contribution in [0.15, 0.2) is 51.8 Å². The third kappa shape index (κ3) is 3.71. The fraction of sp³-hybridized carbons (Fsp3) is 0.188. The van der Waals surface area contributed by atoms with E-state index < -0.39 is 0 Å². The lowest BCUT2D eigenvalue weighted by molar-refractivity contribution is 0.102. The van der Waals surface area contributed by atoms with Gasteiger partial charge in [0.15, 0.2) is 5.78 Å². The normalized spacial score (nSPS) is 10.5. The van der Waals surface area contributed by atoms with E-state index in [1.54, 1.807) is 11.8 Å². The van der Waals surface area contributed by atoms with Crippen LogP contribution in [0.4, 0.5) is 0 Å². The van der Waals surface area contributed by atoms with Crippen molar-refractivity contribution in [3.05, 3.63) is 63.6 Å². The molecule has 1 nitrogen and oxygen atoms in total. The van der Waals surface area contributed by atoms with Crippen LogP contribution in [0.2, 0.25) is 0 Å². The predicted octanol–water partition coefficient (Wildman–Crippen LogP) is 5.04. The van der Waals surface area contributed by atoms with Gasteiger partial charge in [-0.3, -0.25) is 4.79 Å². The molecule has 0 unspecified atom stereocenters. The highest BCUT2D eigenvalue weighted by Crippen LogP contribution is 2.27. The summed E-state index contributed by atoms with van der Waals surface area (Å²) in [4.78, 5) is 13.3. The summed E-state index contributed by atoms with van der Waals surface area (Å²) in [6.45, 7) is 4.03. The van der Waals surface area contributed by atoms with Gasteiger partial charge in [-0.25, -0.2) is 0 Å². The second-order valence-electron chi connectivity index (χ2n) is 4.46. The van der Waals surface area contributed by atoms with Gasteiger partial charge in [-0.05, 0) is 47.5 Å². The van der Waals surface area contributed by atoms with Crippen molar-refractivity contribution in [1.29, 1.82) is 0 Å². The fourth-order valence-corrected chi connectivity index (χ4v) is 3.36. The summed E-state index contributed by atoms with van der Waals surface area (Å²) in [6, 6.07) is 13.9. The Morgan fingerprint density at radius 1 is 1.16 bits per heavy atom. The van der Waals surface area contributed by atoms with Gasteiger partial charge >= 0.3 is 0 Å². The number of carbonyl (C=O) groups excluding carboxylic acids is 1. The van der Waals surface area contributed by atoms with Crippen LogP contribution in [0.25, 0.3) is 0 Å². The Labute approximate surface area is 126 Å². The molecule has 0 aliphatic rings. The molecule has 0 N–H and O–H groups in total. The lowest BCUT2D eigenvalue weighted by Gasteiger charge is -2.07. The molecule has 0 aliphatic carbocycles. The summed E-state index contributed by atoms with van der Waals surface area (Å²) in [5.41, 5.74) is 3.07. The maximum Gasteiger partial charge on any atom is 0.173 e. The molecule has 3 heteroatoms. The maximum atomic E-state index is 12.2. The molecule has 0 saturated heterocycles. The molecule has 0 amide bonds. The monoisotopic (exact) mass is 334 g/mol. The topological polar surface area (TPSA) is 17.1 Å². The predicted molar refractivity (Wildman–Crippen MR) is 85.1 cm³/mol. The number of benzene rings is 2. The van der Waals surface area contributed by atoms with E-state index in [9.17, 15) is 4.79 Å². The van der Waals surface area contributed by atoms with Crippen LogP contribution in [0.3, 0.4) is 0 Å². The van der Waals surface area contributed by atoms with Gasteiger partial charge in [0.2, 0.25) is 0 Å². The Morgan fingerprint density at radius 2 is 1.89 bits per heavy atom. The molecule has 0 bridgehead atoms. The van der Waals surface area contributed by atoms with Gasteiger partial charge in [-0.2, -0.15) is 0 Å². The molecule has 19 heavy (non-hydrogen) atoms. The van der Waals surface area contributed by atoms with E-state index in [0.29, 0.717) is 5.75 Å². The minimum absolute atomic E-state index is 0.179. The number of hydrogen-bond acceptors (Lipinski definition) is 2. The van der Waals surface area contributed by atoms with E-state index in [0.717, 1.165) is 20.5 Å². The van der Waals surface area contributed by atoms with E-state index in [1.807, 2.05) is 50.2 Å². The zero-order valence-corrected chi connectivity index (χ0v) is 13.3. The summed E-state index contributed by atoms with van der Waals surface area (Å²) >= 11 is 5.06. The van der Waals surface area contributed by atoms with Crippen molar-refractivity contribution in [2.75, 3.05) is 5.75 Å². The number of aryl methyl sites for hydroxylation is 2. The van der Waals surface area contributed by atoms with Crippen LogP contribution >= 0.6 is 27.7 Å². The quantitative estimate of drug-likeness (QED) is 0.575. The molecule has 0 spiro atoms. The number of rotatable bonds is 4. The van der Waals surface area contributed by atoms with Gasteiger partial charge in [0.1, 0.15) is 0 Å². The summed E-state index contributed by atoms with van der Waals surface area (Å²) in [7, 11) is 0. The zero-order chi connectivity index (χ0) is 13.8. The lowest BCUT2D eigenvalue weighted by Crippen LogP contribution is -2.05. The molecular weight excluding hydrogens is 320 g/mol. The summed E-state index contributed by atoms with van der Waals surface area (Å²) in [5, 5.41) is 0. The molecule has 0 radical (unpaired) electrons. The van der Waals surface area contributed by atoms with Crippen molar-refractivity contribution in [3.8, 4) is 0 Å². The van der Waals surface area contributed by atoms with Gasteiger partial charge < -0.3 is 0 Å². The Balaban J connectivity index is 2.08. The van der Waals surface area contributed by atoms with Crippen LogP contribution < -0.4 is 0 Å². The summed E-state index contributed by atoms with van der Waals surface area (Å²) in [6.07, 6.45) is 0. The highest BCUT2D eigenvalue weighted by atomic mass is 79.9. The molecule has 2 aromatic rings. The van der Waals surface area contributed by atoms with Crippen molar-refractivity contribution in [2.45, 2.75) is 18.7 Å². The van der Waals surface area contributed by atoms with Crippen molar-refractivity contribution in [1.82, 2.24) is 0 Å². The third-order valence-electron chi connectivity index (χ3n) is 2.88. The van der Waals surface area contributed by atoms with Crippen LogP contribution in [0.5, 0.6) is 0 Å². The second kappa shape index (κ2) is 6.40. The van der Waals surface area contributed by atoms with Crippen LogP contribution in [-0.4, -0.2) is 11.5 Å². The molecule has 0 aromatic heterocycles. The van der Waals surface area contributed by atoms with Gasteiger partial charge in [0.05, 0.1) is 5.75 Å². The molecule has 98 valence electrons. The third-order valence-corrected chi connectivity index (χ3v) is 4.91. The van der Waals surface area contributed by atoms with Gasteiger partial charge in [-0.15, -0.1) is 11.8 Å². The Hall–Kier alpha value is -1.06. The van der Waals surface area contributed by atoms with Crippen LogP contribution in [-0.2, 0) is 0 Å². The first-order valence-corrected chi connectivity index (χ1v) is 7.83. The molecular formula is C16H15BrOS. The van der Waals surface area contributed by atoms with Crippen LogP contribution in [0.1, 0.15) is 21.5 Å². The van der Waals surface area contributed by atoms with Crippen molar-refractivity contribution >= 4 is 33.5 Å². The highest BCUT2D eigenvalue weighted by Gasteiger charge is 2.10. The van der Waals surface area contributed by atoms with Gasteiger partial charge in [-0.1, -0.05) is 35.9 Å². The fourth-order valence-electron chi connectivity index (χ4n) is 1.91. The summed E-state index contributed by atoms with van der Waals surface area (Å²) < 4.78 is 1.04. The highest BCUT2D eigenvalue weighted by molar-refractivity contribution is 9.10. The molecule has 0 saturated carbocycles. The number of carbonyl (C=O) groups is 1. The Bertz CT molecular complexity index is 607. The lowest BCUT2D eigenvalue weighted by atomic mass is 10.0. The summed E-state index contributed by atoms with van der Waals surface area (Å²) in [5.74, 6) is 0.644. The first-order chi connectivity index (χ1) is 9.08. The second-order valence-corrected chi connectivity index (χ2v) is 6.33. The minimum atomic E-state index is 0.179. The molecule has 2 aromatic carbocycles. The van der Waals surface area contributed by atoms with E-state index >= 15 is 0 Å². The largest absolute Gasteiger partial charge is 0.293 e. The Kier molecular flexibility index (Phi) is 4.83. The van der Waals surface area contributed by atoms with Crippen molar-refractivity contribution in [3.63, 3.8) is 0 Å². The zero-order valence-electron chi connectivity index (χ0n) is 10.9. The molecule has 0 fully saturated rings. The molecule has 0 aliphatic heterocycles. The first-order valence-electron chi connectivity index (χ1n) is 6.05. The minimum Gasteiger partial charge on any atom is -0.293 e. The van der Waals surface area contributed by atoms with Gasteiger partial charge in [0, 0.05) is 14.9 Å². The number of thioether (sulfide) groups is 1. The average Bonchev–Trinajstić information content (AvgIpc) is 2.37. The van der Waals surface area contributed by atoms with E-state index in [4.69, 9.17) is 0 Å². The number of hydrogen-bond donors (Lipinski definition) is 0. The van der Waals surface area contributed by atoms with E-state index in [-0.39, 0.29) is 5.78 Å². The average molecular weight is 335 g/mol. The van der Waals surface area contributed by atoms with E-state index in [1.165, 1.54) is 5.56 Å². The van der Waals surface area contributed by atoms with E-state index in [2.05, 4.69) is 22.0 Å². The number of Topliss-reactive ketones (excluding diaryl/α,β-unsaturated/α-hetero) is 1. The SMILES string of the molecule is Cc1ccc(C(=O)CSc2ccccc2Br)c(C)c1. The Morgan fingerprint density at radius 3 is 2.58 bits per heavy atom. The smallest absolute Gasteiger partial charge is 0.173 e. The molecule has 0 heterocycles. The first kappa shape index (κ1) is 14.4. The van der Waals surface area contributed by atoms with Crippen LogP contribution in [0, 0.1) is 13.8 Å². The molecule has 2 rings (SSSR count). The van der Waals surface area contributed by atoms with Gasteiger partial charge in [0.25, 0.3) is 0 Å². The maximum absolute atomic E-state index is 12.2. The number of halogens is 1. The van der Waals surface area contributed by atoms with Crippen molar-refractivity contribution < 1.29 is 4.79 Å². The standard InChI is InChI=1S/C16H15BrOS/c1-11-7-8-13(12(2)9-11)15(18)10-19-16-6-4-3-5-14(16)17/h3-9H,10H2,1-2H3.